The Hall–Kier alpha value is -0.990. The van der Waals surface area contributed by atoms with Gasteiger partial charge >= 0.3 is 0 Å². The van der Waals surface area contributed by atoms with Gasteiger partial charge in [-0.3, -0.25) is 4.79 Å². The fourth-order valence-corrected chi connectivity index (χ4v) is 1.79. The van der Waals surface area contributed by atoms with Crippen molar-refractivity contribution >= 4 is 57.5 Å². The highest BCUT2D eigenvalue weighted by atomic mass is 127. The third-order valence-electron chi connectivity index (χ3n) is 1.93. The van der Waals surface area contributed by atoms with E-state index in [-0.39, 0.29) is 15.9 Å². The Kier molecular flexibility index (Phi) is 4.31. The van der Waals surface area contributed by atoms with Crippen LogP contribution in [0.4, 0.5) is 5.82 Å². The molecule has 0 spiro atoms. The number of aromatic nitrogens is 3. The molecule has 5 nitrogen and oxygen atoms in total. The Bertz CT molecular complexity index is 591. The molecule has 0 aliphatic carbocycles. The van der Waals surface area contributed by atoms with Crippen molar-refractivity contribution in [2.75, 3.05) is 5.32 Å². The summed E-state index contributed by atoms with van der Waals surface area (Å²) in [4.78, 5) is 16.0. The van der Waals surface area contributed by atoms with Crippen molar-refractivity contribution in [1.29, 1.82) is 0 Å². The van der Waals surface area contributed by atoms with Gasteiger partial charge in [-0.2, -0.15) is 0 Å². The topological polar surface area (TPSA) is 67.8 Å². The third kappa shape index (κ3) is 3.27. The maximum atomic E-state index is 11.9. The first-order valence-electron chi connectivity index (χ1n) is 4.68. The van der Waals surface area contributed by atoms with Gasteiger partial charge in [0.15, 0.2) is 10.3 Å². The lowest BCUT2D eigenvalue weighted by atomic mass is 10.3. The molecule has 8 heteroatoms. The molecule has 0 aliphatic rings. The van der Waals surface area contributed by atoms with Crippen molar-refractivity contribution in [2.24, 2.45) is 0 Å². The van der Waals surface area contributed by atoms with Gasteiger partial charge in [0.25, 0.3) is 5.91 Å². The Morgan fingerprint density at radius 2 is 2.06 bits per heavy atom. The van der Waals surface area contributed by atoms with Gasteiger partial charge in [0, 0.05) is 9.77 Å². The summed E-state index contributed by atoms with van der Waals surface area (Å²) in [5.41, 5.74) is 0.150. The Morgan fingerprint density at radius 1 is 1.28 bits per heavy atom. The van der Waals surface area contributed by atoms with Gasteiger partial charge in [-0.25, -0.2) is 4.98 Å². The van der Waals surface area contributed by atoms with Crippen molar-refractivity contribution < 1.29 is 4.79 Å². The van der Waals surface area contributed by atoms with Crippen LogP contribution >= 0.6 is 45.8 Å². The summed E-state index contributed by atoms with van der Waals surface area (Å²) in [6, 6.07) is 4.85. The minimum atomic E-state index is -0.439. The van der Waals surface area contributed by atoms with Crippen LogP contribution < -0.4 is 5.32 Å². The summed E-state index contributed by atoms with van der Waals surface area (Å²) >= 11 is 13.5. The molecular weight excluding hydrogens is 390 g/mol. The van der Waals surface area contributed by atoms with E-state index in [1.165, 1.54) is 6.07 Å². The predicted octanol–water partition coefficient (Wildman–Crippen LogP) is 3.04. The van der Waals surface area contributed by atoms with Crippen LogP contribution in [0.2, 0.25) is 10.3 Å². The van der Waals surface area contributed by atoms with Crippen molar-refractivity contribution in [3.8, 4) is 0 Å². The lowest BCUT2D eigenvalue weighted by molar-refractivity contribution is 0.102. The number of pyridine rings is 1. The van der Waals surface area contributed by atoms with Crippen LogP contribution in [0.3, 0.4) is 0 Å². The average molecular weight is 395 g/mol. The maximum absolute atomic E-state index is 11.9. The summed E-state index contributed by atoms with van der Waals surface area (Å²) in [6.07, 6.45) is 1.63. The van der Waals surface area contributed by atoms with E-state index in [1.807, 2.05) is 6.07 Å². The van der Waals surface area contributed by atoms with Gasteiger partial charge in [0.2, 0.25) is 0 Å². The van der Waals surface area contributed by atoms with Crippen molar-refractivity contribution in [2.45, 2.75) is 0 Å². The molecule has 2 rings (SSSR count). The molecule has 0 unspecified atom stereocenters. The highest BCUT2D eigenvalue weighted by Gasteiger charge is 2.13. The molecule has 2 aromatic rings. The van der Waals surface area contributed by atoms with Gasteiger partial charge in [0.1, 0.15) is 5.82 Å². The van der Waals surface area contributed by atoms with Gasteiger partial charge in [0.05, 0.1) is 5.56 Å². The number of hydrogen-bond acceptors (Lipinski definition) is 4. The summed E-state index contributed by atoms with van der Waals surface area (Å²) in [5, 5.41) is 9.76. The van der Waals surface area contributed by atoms with Crippen molar-refractivity contribution in [3.63, 3.8) is 0 Å². The second kappa shape index (κ2) is 5.77. The first-order valence-corrected chi connectivity index (χ1v) is 6.51. The van der Waals surface area contributed by atoms with Crippen molar-refractivity contribution in [3.05, 3.63) is 43.8 Å². The highest BCUT2D eigenvalue weighted by molar-refractivity contribution is 14.1. The van der Waals surface area contributed by atoms with E-state index < -0.39 is 5.91 Å². The van der Waals surface area contributed by atoms with E-state index >= 15 is 0 Å². The smallest absolute Gasteiger partial charge is 0.260 e. The summed E-state index contributed by atoms with van der Waals surface area (Å²) in [5.74, 6) is -0.0186. The lowest BCUT2D eigenvalue weighted by Crippen LogP contribution is -2.14. The number of amides is 1. The number of nitrogens with zero attached hydrogens (tertiary/aromatic N) is 3. The molecule has 0 aromatic carbocycles. The zero-order chi connectivity index (χ0) is 13.1. The summed E-state index contributed by atoms with van der Waals surface area (Å²) < 4.78 is 0.970. The van der Waals surface area contributed by atoms with Gasteiger partial charge in [-0.1, -0.05) is 23.2 Å². The monoisotopic (exact) mass is 394 g/mol. The number of anilines is 1. The van der Waals surface area contributed by atoms with Crippen LogP contribution in [-0.2, 0) is 0 Å². The molecule has 2 aromatic heterocycles. The van der Waals surface area contributed by atoms with Crippen LogP contribution in [0, 0.1) is 3.57 Å². The molecule has 0 radical (unpaired) electrons. The summed E-state index contributed by atoms with van der Waals surface area (Å²) in [6.45, 7) is 0. The molecule has 92 valence electrons. The molecule has 0 fully saturated rings. The van der Waals surface area contributed by atoms with E-state index in [2.05, 4.69) is 43.1 Å². The molecule has 2 heterocycles. The van der Waals surface area contributed by atoms with Gasteiger partial charge < -0.3 is 5.32 Å². The molecule has 0 aliphatic heterocycles. The molecule has 0 bridgehead atoms. The standard InChI is InChI=1S/C10H5Cl2IN4O/c11-7-3-6(9(12)17-16-7)10(18)15-8-2-1-5(13)4-14-8/h1-4H,(H,14,15,18). The zero-order valence-corrected chi connectivity index (χ0v) is 12.4. The number of carbonyl (C=O) groups is 1. The average Bonchev–Trinajstić information content (AvgIpc) is 2.35. The number of rotatable bonds is 2. The molecular formula is C10H5Cl2IN4O. The minimum absolute atomic E-state index is 0.0117. The fourth-order valence-electron chi connectivity index (χ4n) is 1.15. The van der Waals surface area contributed by atoms with Crippen LogP contribution in [0.25, 0.3) is 0 Å². The minimum Gasteiger partial charge on any atom is -0.306 e. The molecule has 1 N–H and O–H groups in total. The maximum Gasteiger partial charge on any atom is 0.260 e. The number of halogens is 3. The largest absolute Gasteiger partial charge is 0.306 e. The number of carbonyl (C=O) groups excluding carboxylic acids is 1. The molecule has 1 amide bonds. The Labute approximate surface area is 126 Å². The SMILES string of the molecule is O=C(Nc1ccc(I)cn1)c1cc(Cl)nnc1Cl. The van der Waals surface area contributed by atoms with Crippen molar-refractivity contribution in [1.82, 2.24) is 15.2 Å². The summed E-state index contributed by atoms with van der Waals surface area (Å²) in [7, 11) is 0. The zero-order valence-electron chi connectivity index (χ0n) is 8.69. The van der Waals surface area contributed by atoms with E-state index in [9.17, 15) is 4.79 Å². The van der Waals surface area contributed by atoms with E-state index in [1.54, 1.807) is 12.3 Å². The van der Waals surface area contributed by atoms with Crippen LogP contribution in [0.5, 0.6) is 0 Å². The normalized spacial score (nSPS) is 10.2. The molecule has 0 atom stereocenters. The van der Waals surface area contributed by atoms with E-state index in [0.717, 1.165) is 3.57 Å². The van der Waals surface area contributed by atoms with Crippen LogP contribution in [-0.4, -0.2) is 21.1 Å². The fraction of sp³-hybridized carbons (Fsp3) is 0. The first kappa shape index (κ1) is 13.4. The molecule has 0 saturated heterocycles. The molecule has 0 saturated carbocycles. The van der Waals surface area contributed by atoms with Crippen LogP contribution in [0.1, 0.15) is 10.4 Å². The highest BCUT2D eigenvalue weighted by Crippen LogP contribution is 2.17. The van der Waals surface area contributed by atoms with Gasteiger partial charge in [-0.05, 0) is 40.8 Å². The molecule has 18 heavy (non-hydrogen) atoms. The second-order valence-electron chi connectivity index (χ2n) is 3.19. The van der Waals surface area contributed by atoms with Gasteiger partial charge in [-0.15, -0.1) is 10.2 Å². The lowest BCUT2D eigenvalue weighted by Gasteiger charge is -2.05. The number of nitrogens with one attached hydrogen (secondary N) is 1. The quantitative estimate of drug-likeness (QED) is 0.795. The number of hydrogen-bond donors (Lipinski definition) is 1. The third-order valence-corrected chi connectivity index (χ3v) is 3.03. The Balaban J connectivity index is 2.21. The second-order valence-corrected chi connectivity index (χ2v) is 5.18. The first-order chi connectivity index (χ1) is 8.56. The Morgan fingerprint density at radius 3 is 2.72 bits per heavy atom. The van der Waals surface area contributed by atoms with Crippen LogP contribution in [0.15, 0.2) is 24.4 Å². The van der Waals surface area contributed by atoms with E-state index in [0.29, 0.717) is 5.82 Å². The van der Waals surface area contributed by atoms with E-state index in [4.69, 9.17) is 23.2 Å². The predicted molar refractivity (Wildman–Crippen MR) is 77.0 cm³/mol.